The Balaban J connectivity index is 2.00. The minimum Gasteiger partial charge on any atom is -0.321 e. The number of nitrogens with zero attached hydrogens (tertiary/aromatic N) is 3. The van der Waals surface area contributed by atoms with Crippen LogP contribution in [0.3, 0.4) is 0 Å². The molecule has 27 heavy (non-hydrogen) atoms. The Kier molecular flexibility index (Phi) is 4.64. The number of hydrogen-bond donors (Lipinski definition) is 1. The number of benzene rings is 1. The number of carbonyl (C=O) groups excluding carboxylic acids is 2. The highest BCUT2D eigenvalue weighted by molar-refractivity contribution is 6.37. The third-order valence-electron chi connectivity index (χ3n) is 3.72. The van der Waals surface area contributed by atoms with Gasteiger partial charge in [0, 0.05) is 16.9 Å². The molecule has 10 heteroatoms. The first-order valence-corrected chi connectivity index (χ1v) is 8.01. The Morgan fingerprint density at radius 3 is 2.37 bits per heavy atom. The molecule has 2 aromatic heterocycles. The van der Waals surface area contributed by atoms with E-state index in [1.54, 1.807) is 0 Å². The molecule has 1 N–H and O–H groups in total. The van der Waals surface area contributed by atoms with E-state index in [1.807, 2.05) is 0 Å². The number of alkyl halides is 3. The zero-order valence-corrected chi connectivity index (χ0v) is 14.8. The molecule has 0 fully saturated rings. The van der Waals surface area contributed by atoms with Crippen LogP contribution in [0.5, 0.6) is 0 Å². The average Bonchev–Trinajstić information content (AvgIpc) is 2.91. The number of anilines is 1. The lowest BCUT2D eigenvalue weighted by Gasteiger charge is -2.09. The van der Waals surface area contributed by atoms with Gasteiger partial charge in [-0.05, 0) is 44.2 Å². The lowest BCUT2D eigenvalue weighted by molar-refractivity contribution is -0.142. The topological polar surface area (TPSA) is 76.4 Å². The fourth-order valence-electron chi connectivity index (χ4n) is 2.44. The predicted octanol–water partition coefficient (Wildman–Crippen LogP) is 4.16. The standard InChI is InChI=1S/C17H12ClF3N4O2/c1-8-7-12(17(19,20)21)25-15(22-8)13(18)14(24-25)16(27)23-11-5-3-10(4-6-11)9(2)26/h3-7H,1-2H3,(H,23,27). The molecule has 2 heterocycles. The second-order valence-electron chi connectivity index (χ2n) is 5.77. The summed E-state index contributed by atoms with van der Waals surface area (Å²) in [5.41, 5.74) is -0.872. The van der Waals surface area contributed by atoms with Gasteiger partial charge in [0.2, 0.25) is 0 Å². The van der Waals surface area contributed by atoms with Gasteiger partial charge in [0.05, 0.1) is 0 Å². The summed E-state index contributed by atoms with van der Waals surface area (Å²) in [7, 11) is 0. The van der Waals surface area contributed by atoms with E-state index in [0.29, 0.717) is 15.8 Å². The molecule has 0 atom stereocenters. The number of hydrogen-bond acceptors (Lipinski definition) is 4. The molecule has 0 aliphatic rings. The molecule has 0 radical (unpaired) electrons. The molecule has 0 aliphatic carbocycles. The number of Topliss-reactive ketones (excluding diaryl/α,β-unsaturated/α-hetero) is 1. The van der Waals surface area contributed by atoms with E-state index in [0.717, 1.165) is 6.07 Å². The van der Waals surface area contributed by atoms with Crippen LogP contribution in [0.1, 0.15) is 39.2 Å². The predicted molar refractivity (Wildman–Crippen MR) is 92.1 cm³/mol. The SMILES string of the molecule is CC(=O)c1ccc(NC(=O)c2nn3c(C(F)(F)F)cc(C)nc3c2Cl)cc1. The van der Waals surface area contributed by atoms with E-state index in [9.17, 15) is 22.8 Å². The van der Waals surface area contributed by atoms with Crippen molar-refractivity contribution in [1.29, 1.82) is 0 Å². The van der Waals surface area contributed by atoms with Crippen LogP contribution in [0, 0.1) is 6.92 Å². The molecule has 140 valence electrons. The maximum absolute atomic E-state index is 13.2. The van der Waals surface area contributed by atoms with Crippen molar-refractivity contribution >= 4 is 34.6 Å². The van der Waals surface area contributed by atoms with Crippen LogP contribution < -0.4 is 5.32 Å². The average molecular weight is 397 g/mol. The third kappa shape index (κ3) is 3.63. The van der Waals surface area contributed by atoms with Crippen molar-refractivity contribution < 1.29 is 22.8 Å². The van der Waals surface area contributed by atoms with Gasteiger partial charge in [0.15, 0.2) is 17.1 Å². The first-order valence-electron chi connectivity index (χ1n) is 7.63. The van der Waals surface area contributed by atoms with Crippen molar-refractivity contribution in [3.8, 4) is 0 Å². The number of carbonyl (C=O) groups is 2. The van der Waals surface area contributed by atoms with Gasteiger partial charge >= 0.3 is 6.18 Å². The van der Waals surface area contributed by atoms with Crippen molar-refractivity contribution in [2.75, 3.05) is 5.32 Å². The third-order valence-corrected chi connectivity index (χ3v) is 4.06. The van der Waals surface area contributed by atoms with E-state index < -0.39 is 23.5 Å². The normalized spacial score (nSPS) is 11.6. The molecular formula is C17H12ClF3N4O2. The number of rotatable bonds is 3. The molecule has 0 unspecified atom stereocenters. The first kappa shape index (κ1) is 18.8. The molecule has 6 nitrogen and oxygen atoms in total. The second-order valence-corrected chi connectivity index (χ2v) is 6.14. The van der Waals surface area contributed by atoms with Gasteiger partial charge in [-0.3, -0.25) is 9.59 Å². The second kappa shape index (κ2) is 6.66. The van der Waals surface area contributed by atoms with E-state index in [4.69, 9.17) is 11.6 Å². The largest absolute Gasteiger partial charge is 0.433 e. The van der Waals surface area contributed by atoms with Crippen molar-refractivity contribution in [3.05, 3.63) is 58.0 Å². The summed E-state index contributed by atoms with van der Waals surface area (Å²) >= 11 is 6.06. The Morgan fingerprint density at radius 2 is 1.81 bits per heavy atom. The van der Waals surface area contributed by atoms with Crippen molar-refractivity contribution in [3.63, 3.8) is 0 Å². The molecule has 3 aromatic rings. The molecule has 0 saturated heterocycles. The highest BCUT2D eigenvalue weighted by atomic mass is 35.5. The number of halogens is 4. The van der Waals surface area contributed by atoms with Crippen molar-refractivity contribution in [2.45, 2.75) is 20.0 Å². The molecule has 1 aromatic carbocycles. The van der Waals surface area contributed by atoms with Crippen LogP contribution in [0.25, 0.3) is 5.65 Å². The lowest BCUT2D eigenvalue weighted by Crippen LogP contribution is -2.16. The number of nitrogens with one attached hydrogen (secondary N) is 1. The quantitative estimate of drug-likeness (QED) is 0.674. The highest BCUT2D eigenvalue weighted by Gasteiger charge is 2.36. The summed E-state index contributed by atoms with van der Waals surface area (Å²) in [6.45, 7) is 2.78. The Hall–Kier alpha value is -2.94. The maximum Gasteiger partial charge on any atom is 0.433 e. The zero-order valence-electron chi connectivity index (χ0n) is 14.1. The fraction of sp³-hybridized carbons (Fsp3) is 0.176. The number of amides is 1. The van der Waals surface area contributed by atoms with Gasteiger partial charge in [0.1, 0.15) is 10.7 Å². The van der Waals surface area contributed by atoms with Gasteiger partial charge in [-0.15, -0.1) is 0 Å². The van der Waals surface area contributed by atoms with E-state index in [2.05, 4.69) is 15.4 Å². The van der Waals surface area contributed by atoms with Gasteiger partial charge < -0.3 is 5.32 Å². The minimum absolute atomic E-state index is 0.0865. The number of aromatic nitrogens is 3. The highest BCUT2D eigenvalue weighted by Crippen LogP contribution is 2.32. The zero-order chi connectivity index (χ0) is 19.9. The van der Waals surface area contributed by atoms with Crippen LogP contribution in [-0.4, -0.2) is 26.3 Å². The smallest absolute Gasteiger partial charge is 0.321 e. The summed E-state index contributed by atoms with van der Waals surface area (Å²) < 4.78 is 40.2. The van der Waals surface area contributed by atoms with Gasteiger partial charge in [-0.1, -0.05) is 11.6 Å². The minimum atomic E-state index is -4.70. The van der Waals surface area contributed by atoms with Crippen molar-refractivity contribution in [2.24, 2.45) is 0 Å². The first-order chi connectivity index (χ1) is 12.6. The number of fused-ring (bicyclic) bond motifs is 1. The number of ketones is 1. The lowest BCUT2D eigenvalue weighted by atomic mass is 10.1. The molecule has 1 amide bonds. The van der Waals surface area contributed by atoms with Gasteiger partial charge in [-0.2, -0.15) is 18.3 Å². The Labute approximate surface area is 156 Å². The summed E-state index contributed by atoms with van der Waals surface area (Å²) in [4.78, 5) is 27.6. The monoisotopic (exact) mass is 396 g/mol. The molecule has 3 rings (SSSR count). The maximum atomic E-state index is 13.2. The van der Waals surface area contributed by atoms with E-state index >= 15 is 0 Å². The Morgan fingerprint density at radius 1 is 1.19 bits per heavy atom. The molecule has 0 bridgehead atoms. The summed E-state index contributed by atoms with van der Waals surface area (Å²) in [5.74, 6) is -0.941. The summed E-state index contributed by atoms with van der Waals surface area (Å²) in [6, 6.07) is 6.81. The molecule has 0 spiro atoms. The van der Waals surface area contributed by atoms with Crippen LogP contribution in [0.2, 0.25) is 5.02 Å². The Bertz CT molecular complexity index is 1060. The fourth-order valence-corrected chi connectivity index (χ4v) is 2.68. The van der Waals surface area contributed by atoms with Crippen molar-refractivity contribution in [1.82, 2.24) is 14.6 Å². The summed E-state index contributed by atoms with van der Waals surface area (Å²) in [5, 5.41) is 5.89. The van der Waals surface area contributed by atoms with Crippen LogP contribution in [-0.2, 0) is 6.18 Å². The summed E-state index contributed by atoms with van der Waals surface area (Å²) in [6.07, 6.45) is -4.70. The van der Waals surface area contributed by atoms with Crippen LogP contribution in [0.15, 0.2) is 30.3 Å². The molecular weight excluding hydrogens is 385 g/mol. The molecule has 0 saturated carbocycles. The molecule has 0 aliphatic heterocycles. The van der Waals surface area contributed by atoms with Crippen LogP contribution in [0.4, 0.5) is 18.9 Å². The van der Waals surface area contributed by atoms with Crippen LogP contribution >= 0.6 is 11.6 Å². The number of aryl methyl sites for hydroxylation is 1. The van der Waals surface area contributed by atoms with E-state index in [-0.39, 0.29) is 22.1 Å². The van der Waals surface area contributed by atoms with Gasteiger partial charge in [0.25, 0.3) is 5.91 Å². The van der Waals surface area contributed by atoms with E-state index in [1.165, 1.54) is 38.1 Å². The van der Waals surface area contributed by atoms with Gasteiger partial charge in [-0.25, -0.2) is 9.50 Å².